The fourth-order valence-corrected chi connectivity index (χ4v) is 7.08. The first-order chi connectivity index (χ1) is 23.6. The van der Waals surface area contributed by atoms with E-state index in [0.29, 0.717) is 65.8 Å². The number of amides is 1. The van der Waals surface area contributed by atoms with Crippen molar-refractivity contribution in [3.8, 4) is 22.8 Å². The van der Waals surface area contributed by atoms with Crippen LogP contribution in [0.3, 0.4) is 0 Å². The third kappa shape index (κ3) is 7.14. The number of aliphatic hydroxyl groups excluding tert-OH is 1. The molecular weight excluding hydrogens is 641 g/mol. The van der Waals surface area contributed by atoms with E-state index in [1.165, 1.54) is 0 Å². The van der Waals surface area contributed by atoms with Gasteiger partial charge in [-0.25, -0.2) is 4.98 Å². The average molecular weight is 685 g/mol. The number of anilines is 2. The van der Waals surface area contributed by atoms with Crippen molar-refractivity contribution in [2.45, 2.75) is 77.2 Å². The Morgan fingerprint density at radius 1 is 1.10 bits per heavy atom. The van der Waals surface area contributed by atoms with Gasteiger partial charge in [0.15, 0.2) is 17.1 Å². The van der Waals surface area contributed by atoms with Crippen LogP contribution in [-0.4, -0.2) is 82.5 Å². The maximum atomic E-state index is 12.9. The Hall–Kier alpha value is -4.46. The van der Waals surface area contributed by atoms with Crippen molar-refractivity contribution in [1.29, 1.82) is 0 Å². The average Bonchev–Trinajstić information content (AvgIpc) is 3.31. The number of aryl methyl sites for hydroxylation is 1. The van der Waals surface area contributed by atoms with E-state index in [0.717, 1.165) is 53.8 Å². The van der Waals surface area contributed by atoms with Crippen LogP contribution in [0.5, 0.6) is 11.6 Å². The largest absolute Gasteiger partial charge is 0.495 e. The predicted octanol–water partition coefficient (Wildman–Crippen LogP) is 6.75. The summed E-state index contributed by atoms with van der Waals surface area (Å²) in [6.07, 6.45) is 6.26. The molecule has 1 saturated heterocycles. The molecule has 5 aromatic rings. The van der Waals surface area contributed by atoms with Gasteiger partial charge in [-0.15, -0.1) is 0 Å². The molecule has 1 amide bonds. The van der Waals surface area contributed by atoms with Crippen molar-refractivity contribution in [1.82, 2.24) is 24.4 Å². The zero-order valence-corrected chi connectivity index (χ0v) is 29.8. The maximum Gasteiger partial charge on any atom is 0.254 e. The molecule has 0 spiro atoms. The Morgan fingerprint density at radius 2 is 1.92 bits per heavy atom. The number of aromatic nitrogens is 4. The SMILES string of the molecule is COc1cc(C(=O)N2C[C@@H]2CO)ccc1Nc1nc(OC2CCCC2)c2c(-c3ccc4nc(C)oc4c3)cn(COCC[Si](C)(C)C)c2n1. The summed E-state index contributed by atoms with van der Waals surface area (Å²) >= 11 is 0. The molecule has 7 rings (SSSR count). The molecular formula is C36H44N6O6Si. The first-order valence-electron chi connectivity index (χ1n) is 17.0. The predicted molar refractivity (Wildman–Crippen MR) is 190 cm³/mol. The lowest BCUT2D eigenvalue weighted by Crippen LogP contribution is -2.22. The summed E-state index contributed by atoms with van der Waals surface area (Å²) in [6, 6.07) is 12.1. The molecule has 4 heterocycles. The van der Waals surface area contributed by atoms with Gasteiger partial charge < -0.3 is 38.5 Å². The van der Waals surface area contributed by atoms with Gasteiger partial charge in [0.1, 0.15) is 24.1 Å². The number of carbonyl (C=O) groups is 1. The number of ether oxygens (including phenoxy) is 3. The van der Waals surface area contributed by atoms with E-state index in [-0.39, 0.29) is 24.7 Å². The van der Waals surface area contributed by atoms with Crippen molar-refractivity contribution in [3.05, 3.63) is 54.0 Å². The summed E-state index contributed by atoms with van der Waals surface area (Å²) in [4.78, 5) is 29.0. The molecule has 0 bridgehead atoms. The van der Waals surface area contributed by atoms with E-state index in [2.05, 4.69) is 36.1 Å². The molecule has 2 N–H and O–H groups in total. The van der Waals surface area contributed by atoms with Crippen LogP contribution >= 0.6 is 0 Å². The molecule has 0 unspecified atom stereocenters. The molecule has 12 nitrogen and oxygen atoms in total. The molecule has 0 radical (unpaired) electrons. The van der Waals surface area contributed by atoms with Crippen LogP contribution in [0.1, 0.15) is 41.9 Å². The fraction of sp³-hybridized carbons (Fsp3) is 0.444. The minimum atomic E-state index is -1.28. The molecule has 1 saturated carbocycles. The summed E-state index contributed by atoms with van der Waals surface area (Å²) in [5, 5.41) is 13.6. The van der Waals surface area contributed by atoms with E-state index in [9.17, 15) is 9.90 Å². The first kappa shape index (κ1) is 33.1. The smallest absolute Gasteiger partial charge is 0.254 e. The molecule has 1 aliphatic heterocycles. The summed E-state index contributed by atoms with van der Waals surface area (Å²) in [7, 11) is 0.274. The van der Waals surface area contributed by atoms with Gasteiger partial charge in [-0.3, -0.25) is 4.79 Å². The second-order valence-electron chi connectivity index (χ2n) is 14.2. The van der Waals surface area contributed by atoms with Gasteiger partial charge in [-0.1, -0.05) is 25.7 Å². The lowest BCUT2D eigenvalue weighted by atomic mass is 10.1. The Bertz CT molecular complexity index is 2000. The van der Waals surface area contributed by atoms with Crippen molar-refractivity contribution in [3.63, 3.8) is 0 Å². The van der Waals surface area contributed by atoms with Crippen LogP contribution in [0, 0.1) is 6.92 Å². The quantitative estimate of drug-likeness (QED) is 0.0779. The molecule has 258 valence electrons. The normalized spacial score (nSPS) is 16.5. The maximum absolute atomic E-state index is 12.9. The van der Waals surface area contributed by atoms with Crippen LogP contribution in [0.15, 0.2) is 47.0 Å². The highest BCUT2D eigenvalue weighted by atomic mass is 28.3. The fourth-order valence-electron chi connectivity index (χ4n) is 6.32. The highest BCUT2D eigenvalue weighted by molar-refractivity contribution is 6.76. The summed E-state index contributed by atoms with van der Waals surface area (Å²) < 4.78 is 26.5. The van der Waals surface area contributed by atoms with E-state index in [1.54, 1.807) is 30.2 Å². The van der Waals surface area contributed by atoms with Crippen molar-refractivity contribution in [2.75, 3.05) is 32.2 Å². The number of carbonyl (C=O) groups excluding carboxylic acids is 1. The lowest BCUT2D eigenvalue weighted by molar-refractivity contribution is 0.0862. The number of aliphatic hydroxyl groups is 1. The van der Waals surface area contributed by atoms with Crippen LogP contribution in [0.4, 0.5) is 11.6 Å². The van der Waals surface area contributed by atoms with Gasteiger partial charge in [0, 0.05) is 45.5 Å². The third-order valence-corrected chi connectivity index (χ3v) is 10.9. The van der Waals surface area contributed by atoms with E-state index in [1.807, 2.05) is 29.7 Å². The van der Waals surface area contributed by atoms with Crippen molar-refractivity contribution < 1.29 is 28.5 Å². The second kappa shape index (κ2) is 13.4. The van der Waals surface area contributed by atoms with Crippen LogP contribution in [-0.2, 0) is 11.5 Å². The molecule has 49 heavy (non-hydrogen) atoms. The Morgan fingerprint density at radius 3 is 2.65 bits per heavy atom. The second-order valence-corrected chi connectivity index (χ2v) is 19.8. The van der Waals surface area contributed by atoms with Crippen LogP contribution in [0.25, 0.3) is 33.3 Å². The molecule has 2 aromatic carbocycles. The lowest BCUT2D eigenvalue weighted by Gasteiger charge is -2.17. The zero-order valence-electron chi connectivity index (χ0n) is 28.8. The highest BCUT2D eigenvalue weighted by Gasteiger charge is 2.38. The van der Waals surface area contributed by atoms with Gasteiger partial charge >= 0.3 is 0 Å². The Kier molecular flexibility index (Phi) is 9.07. The van der Waals surface area contributed by atoms with E-state index in [4.69, 9.17) is 28.6 Å². The summed E-state index contributed by atoms with van der Waals surface area (Å²) in [6.45, 7) is 10.3. The number of fused-ring (bicyclic) bond motifs is 2. The number of rotatable bonds is 13. The van der Waals surface area contributed by atoms with Crippen molar-refractivity contribution in [2.24, 2.45) is 0 Å². The van der Waals surface area contributed by atoms with Gasteiger partial charge in [-0.2, -0.15) is 9.97 Å². The standard InChI is InChI=1S/C36H44N6O6Si/c1-22-37-29-12-10-23(16-31(29)47-22)27-19-41(21-46-14-15-49(3,4)5)33-32(27)34(48-26-8-6-7-9-26)40-36(39-33)38-28-13-11-24(17-30(28)45-2)35(44)42-18-25(42)20-43/h10-13,16-17,19,25-26,43H,6-9,14-15,18,20-21H2,1-5H3,(H,38,39,40)/t25-,42?/m1/s1. The zero-order chi connectivity index (χ0) is 34.3. The van der Waals surface area contributed by atoms with Gasteiger partial charge in [0.25, 0.3) is 5.91 Å². The van der Waals surface area contributed by atoms with Crippen LogP contribution < -0.4 is 14.8 Å². The first-order valence-corrected chi connectivity index (χ1v) is 20.7. The minimum Gasteiger partial charge on any atom is -0.495 e. The van der Waals surface area contributed by atoms with Gasteiger partial charge in [0.05, 0.1) is 30.8 Å². The number of hydrogen-bond acceptors (Lipinski definition) is 10. The highest BCUT2D eigenvalue weighted by Crippen LogP contribution is 2.40. The van der Waals surface area contributed by atoms with Crippen LogP contribution in [0.2, 0.25) is 25.7 Å². The molecule has 3 aromatic heterocycles. The Balaban J connectivity index is 1.30. The topological polar surface area (TPSA) is 137 Å². The number of nitrogens with one attached hydrogen (secondary N) is 1. The number of oxazole rings is 1. The van der Waals surface area contributed by atoms with Gasteiger partial charge in [-0.05, 0) is 67.6 Å². The monoisotopic (exact) mass is 684 g/mol. The molecule has 13 heteroatoms. The summed E-state index contributed by atoms with van der Waals surface area (Å²) in [5.74, 6) is 1.76. The molecule has 1 atom stereocenters. The number of hydrogen-bond donors (Lipinski definition) is 2. The number of methoxy groups -OCH3 is 1. The van der Waals surface area contributed by atoms with E-state index < -0.39 is 8.07 Å². The third-order valence-electron chi connectivity index (χ3n) is 9.18. The molecule has 2 fully saturated rings. The number of nitrogens with zero attached hydrogens (tertiary/aromatic N) is 5. The summed E-state index contributed by atoms with van der Waals surface area (Å²) in [5.41, 5.74) is 5.11. The number of benzene rings is 2. The van der Waals surface area contributed by atoms with E-state index >= 15 is 0 Å². The molecule has 1 aliphatic carbocycles. The van der Waals surface area contributed by atoms with Crippen molar-refractivity contribution >= 4 is 47.7 Å². The minimum absolute atomic E-state index is 0.0469. The molecule has 2 aliphatic rings. The Labute approximate surface area is 286 Å². The van der Waals surface area contributed by atoms with Gasteiger partial charge in [0.2, 0.25) is 11.8 Å².